The Morgan fingerprint density at radius 3 is 2.12 bits per heavy atom. The monoisotopic (exact) mass is 402 g/mol. The maximum atomic E-state index is 13.5. The summed E-state index contributed by atoms with van der Waals surface area (Å²) in [7, 11) is 0. The summed E-state index contributed by atoms with van der Waals surface area (Å²) in [5, 5.41) is 3.15. The molecule has 1 heterocycles. The average molecular weight is 403 g/mol. The van der Waals surface area contributed by atoms with Crippen LogP contribution in [-0.4, -0.2) is 31.1 Å². The Labute approximate surface area is 154 Å². The molecule has 0 radical (unpaired) electrons. The Morgan fingerprint density at radius 2 is 1.62 bits per heavy atom. The van der Waals surface area contributed by atoms with Crippen molar-refractivity contribution in [3.8, 4) is 0 Å². The van der Waals surface area contributed by atoms with E-state index in [9.17, 15) is 26.3 Å². The highest BCUT2D eigenvalue weighted by Crippen LogP contribution is 2.45. The highest BCUT2D eigenvalue weighted by atomic mass is 35.5. The third kappa shape index (κ3) is 5.04. The van der Waals surface area contributed by atoms with Crippen LogP contribution in [0, 0.1) is 5.92 Å². The minimum atomic E-state index is -4.81. The van der Waals surface area contributed by atoms with Crippen LogP contribution in [0.2, 0.25) is 0 Å². The van der Waals surface area contributed by atoms with Crippen molar-refractivity contribution < 1.29 is 26.3 Å². The lowest BCUT2D eigenvalue weighted by atomic mass is 9.92. The molecule has 1 atom stereocenters. The van der Waals surface area contributed by atoms with Crippen LogP contribution >= 0.6 is 12.4 Å². The molecule has 1 N–H and O–H groups in total. The molecule has 1 aromatic carbocycles. The quantitative estimate of drug-likeness (QED) is 0.721. The van der Waals surface area contributed by atoms with E-state index in [1.165, 1.54) is 0 Å². The first-order valence-electron chi connectivity index (χ1n) is 8.39. The minimum absolute atomic E-state index is 0. The summed E-state index contributed by atoms with van der Waals surface area (Å²) in [6.45, 7) is 2.53. The number of rotatable bonds is 4. The van der Waals surface area contributed by atoms with Gasteiger partial charge in [-0.2, -0.15) is 26.3 Å². The van der Waals surface area contributed by atoms with Gasteiger partial charge >= 0.3 is 12.4 Å². The van der Waals surface area contributed by atoms with Gasteiger partial charge in [-0.05, 0) is 30.0 Å². The van der Waals surface area contributed by atoms with Crippen LogP contribution in [0.3, 0.4) is 0 Å². The molecule has 0 aromatic heterocycles. The smallest absolute Gasteiger partial charge is 0.314 e. The second kappa shape index (κ2) is 7.94. The molecule has 1 aliphatic carbocycles. The lowest BCUT2D eigenvalue weighted by molar-refractivity contribution is -0.143. The molecule has 3 rings (SSSR count). The number of piperazine rings is 1. The third-order valence-electron chi connectivity index (χ3n) is 4.89. The zero-order chi connectivity index (χ0) is 18.2. The normalized spacial score (nSPS) is 20.5. The van der Waals surface area contributed by atoms with E-state index in [0.717, 1.165) is 25.0 Å². The van der Waals surface area contributed by atoms with E-state index in [4.69, 9.17) is 0 Å². The molecule has 1 aliphatic heterocycles. The Hall–Kier alpha value is -0.990. The summed E-state index contributed by atoms with van der Waals surface area (Å²) in [6.07, 6.45) is -7.09. The maximum Gasteiger partial charge on any atom is 0.416 e. The maximum absolute atomic E-state index is 13.5. The molecule has 26 heavy (non-hydrogen) atoms. The van der Waals surface area contributed by atoms with E-state index in [0.29, 0.717) is 38.5 Å². The summed E-state index contributed by atoms with van der Waals surface area (Å²) >= 11 is 0. The molecule has 9 heteroatoms. The largest absolute Gasteiger partial charge is 0.416 e. The number of nitrogens with one attached hydrogen (secondary N) is 1. The first kappa shape index (κ1) is 21.3. The fourth-order valence-electron chi connectivity index (χ4n) is 3.40. The summed E-state index contributed by atoms with van der Waals surface area (Å²) in [4.78, 5) is 1.96. The standard InChI is InChI=1S/C17H20F6N2.ClH/c18-16(19,20)12-3-4-13(14(10-12)17(21,22)23)15(9-11-1-2-11)25-7-5-24-6-8-25;/h3-4,10-11,15,24H,1-2,5-9H2;1H/t15-;/m0./s1. The van der Waals surface area contributed by atoms with Crippen LogP contribution in [0.1, 0.15) is 42.0 Å². The zero-order valence-corrected chi connectivity index (χ0v) is 14.8. The molecular weight excluding hydrogens is 382 g/mol. The van der Waals surface area contributed by atoms with E-state index in [-0.39, 0.29) is 24.0 Å². The van der Waals surface area contributed by atoms with Crippen LogP contribution < -0.4 is 5.32 Å². The van der Waals surface area contributed by atoms with Gasteiger partial charge in [0.15, 0.2) is 0 Å². The fraction of sp³-hybridized carbons (Fsp3) is 0.647. The van der Waals surface area contributed by atoms with Crippen LogP contribution in [0.15, 0.2) is 18.2 Å². The van der Waals surface area contributed by atoms with Gasteiger partial charge in [0, 0.05) is 32.2 Å². The van der Waals surface area contributed by atoms with E-state index in [2.05, 4.69) is 5.32 Å². The molecule has 148 valence electrons. The fourth-order valence-corrected chi connectivity index (χ4v) is 3.40. The van der Waals surface area contributed by atoms with E-state index in [1.807, 2.05) is 4.90 Å². The van der Waals surface area contributed by atoms with Gasteiger partial charge in [-0.3, -0.25) is 4.90 Å². The Morgan fingerprint density at radius 1 is 1.00 bits per heavy atom. The van der Waals surface area contributed by atoms with Gasteiger partial charge in [-0.1, -0.05) is 18.9 Å². The summed E-state index contributed by atoms with van der Waals surface area (Å²) < 4.78 is 79.1. The van der Waals surface area contributed by atoms with Crippen molar-refractivity contribution in [1.82, 2.24) is 10.2 Å². The summed E-state index contributed by atoms with van der Waals surface area (Å²) in [5.41, 5.74) is -2.45. The van der Waals surface area contributed by atoms with Gasteiger partial charge in [-0.15, -0.1) is 12.4 Å². The molecule has 1 saturated heterocycles. The Kier molecular flexibility index (Phi) is 6.51. The number of hydrogen-bond acceptors (Lipinski definition) is 2. The van der Waals surface area contributed by atoms with Gasteiger partial charge in [-0.25, -0.2) is 0 Å². The van der Waals surface area contributed by atoms with Gasteiger partial charge in [0.1, 0.15) is 0 Å². The number of alkyl halides is 6. The van der Waals surface area contributed by atoms with Crippen molar-refractivity contribution >= 4 is 12.4 Å². The number of nitrogens with zero attached hydrogens (tertiary/aromatic N) is 1. The van der Waals surface area contributed by atoms with E-state index >= 15 is 0 Å². The molecule has 1 aromatic rings. The van der Waals surface area contributed by atoms with Crippen LogP contribution in [0.4, 0.5) is 26.3 Å². The second-order valence-corrected chi connectivity index (χ2v) is 6.78. The summed E-state index contributed by atoms with van der Waals surface area (Å²) in [5.74, 6) is 0.364. The first-order valence-corrected chi connectivity index (χ1v) is 8.39. The number of benzene rings is 1. The SMILES string of the molecule is Cl.FC(F)(F)c1ccc([C@H](CC2CC2)N2CCNCC2)c(C(F)(F)F)c1. The Balaban J connectivity index is 0.00000243. The lowest BCUT2D eigenvalue weighted by Crippen LogP contribution is -2.45. The van der Waals surface area contributed by atoms with Crippen molar-refractivity contribution in [3.63, 3.8) is 0 Å². The van der Waals surface area contributed by atoms with Crippen molar-refractivity contribution in [3.05, 3.63) is 34.9 Å². The van der Waals surface area contributed by atoms with Gasteiger partial charge < -0.3 is 5.32 Å². The summed E-state index contributed by atoms with van der Waals surface area (Å²) in [6, 6.07) is 1.57. The highest BCUT2D eigenvalue weighted by molar-refractivity contribution is 5.85. The molecule has 0 amide bonds. The minimum Gasteiger partial charge on any atom is -0.314 e. The van der Waals surface area contributed by atoms with Crippen molar-refractivity contribution in [2.75, 3.05) is 26.2 Å². The molecule has 2 fully saturated rings. The van der Waals surface area contributed by atoms with Crippen LogP contribution in [0.25, 0.3) is 0 Å². The van der Waals surface area contributed by atoms with Crippen molar-refractivity contribution in [2.45, 2.75) is 37.7 Å². The van der Waals surface area contributed by atoms with E-state index in [1.54, 1.807) is 0 Å². The van der Waals surface area contributed by atoms with E-state index < -0.39 is 29.5 Å². The Bertz CT molecular complexity index is 606. The van der Waals surface area contributed by atoms with Crippen LogP contribution in [-0.2, 0) is 12.4 Å². The van der Waals surface area contributed by atoms with Gasteiger partial charge in [0.05, 0.1) is 11.1 Å². The molecule has 2 nitrogen and oxygen atoms in total. The number of halogens is 7. The topological polar surface area (TPSA) is 15.3 Å². The molecule has 2 aliphatic rings. The highest BCUT2D eigenvalue weighted by Gasteiger charge is 2.41. The van der Waals surface area contributed by atoms with Crippen LogP contribution in [0.5, 0.6) is 0 Å². The third-order valence-corrected chi connectivity index (χ3v) is 4.89. The van der Waals surface area contributed by atoms with Gasteiger partial charge in [0.2, 0.25) is 0 Å². The predicted molar refractivity (Wildman–Crippen MR) is 88.2 cm³/mol. The molecular formula is C17H21ClF6N2. The zero-order valence-electron chi connectivity index (χ0n) is 14.0. The van der Waals surface area contributed by atoms with Crippen molar-refractivity contribution in [2.24, 2.45) is 5.92 Å². The molecule has 1 saturated carbocycles. The predicted octanol–water partition coefficient (Wildman–Crippen LogP) is 4.89. The lowest BCUT2D eigenvalue weighted by Gasteiger charge is -2.36. The first-order chi connectivity index (χ1) is 11.7. The second-order valence-electron chi connectivity index (χ2n) is 6.78. The number of hydrogen-bond donors (Lipinski definition) is 1. The van der Waals surface area contributed by atoms with Gasteiger partial charge in [0.25, 0.3) is 0 Å². The average Bonchev–Trinajstić information content (AvgIpc) is 3.35. The molecule has 0 spiro atoms. The molecule has 0 unspecified atom stereocenters. The molecule has 0 bridgehead atoms. The van der Waals surface area contributed by atoms with Crippen molar-refractivity contribution in [1.29, 1.82) is 0 Å².